The van der Waals surface area contributed by atoms with Crippen molar-refractivity contribution in [3.05, 3.63) is 24.0 Å². The van der Waals surface area contributed by atoms with Crippen molar-refractivity contribution in [2.75, 3.05) is 26.2 Å². The lowest BCUT2D eigenvalue weighted by Crippen LogP contribution is -2.66. The molecule has 1 spiro atoms. The van der Waals surface area contributed by atoms with Crippen molar-refractivity contribution in [3.63, 3.8) is 0 Å². The minimum atomic E-state index is -0.163. The Bertz CT molecular complexity index is 677. The van der Waals surface area contributed by atoms with Crippen molar-refractivity contribution in [1.29, 1.82) is 0 Å². The Morgan fingerprint density at radius 1 is 1.40 bits per heavy atom. The van der Waals surface area contributed by atoms with Crippen LogP contribution in [0.2, 0.25) is 0 Å². The molecule has 0 radical (unpaired) electrons. The number of hydrogen-bond acceptors (Lipinski definition) is 3. The summed E-state index contributed by atoms with van der Waals surface area (Å²) in [5, 5.41) is 3.01. The highest BCUT2D eigenvalue weighted by molar-refractivity contribution is 5.92. The van der Waals surface area contributed by atoms with Crippen molar-refractivity contribution < 1.29 is 14.3 Å². The van der Waals surface area contributed by atoms with Crippen LogP contribution in [0, 0.1) is 17.8 Å². The van der Waals surface area contributed by atoms with Crippen LogP contribution in [0.4, 0.5) is 0 Å². The van der Waals surface area contributed by atoms with Crippen LogP contribution in [0.15, 0.2) is 18.3 Å². The van der Waals surface area contributed by atoms with Crippen LogP contribution in [0.1, 0.15) is 36.7 Å². The molecule has 0 bridgehead atoms. The number of rotatable bonds is 5. The third kappa shape index (κ3) is 2.97. The number of carbonyl (C=O) groups is 2. The molecule has 3 heterocycles. The van der Waals surface area contributed by atoms with Gasteiger partial charge in [0.15, 0.2) is 0 Å². The van der Waals surface area contributed by atoms with Crippen molar-refractivity contribution in [2.45, 2.75) is 31.8 Å². The molecule has 136 valence electrons. The number of carbonyl (C=O) groups excluding carboxylic acids is 2. The van der Waals surface area contributed by atoms with Crippen LogP contribution in [-0.2, 0) is 16.6 Å². The van der Waals surface area contributed by atoms with Gasteiger partial charge in [-0.25, -0.2) is 0 Å². The van der Waals surface area contributed by atoms with Crippen LogP contribution >= 0.6 is 0 Å². The van der Waals surface area contributed by atoms with Crippen LogP contribution in [-0.4, -0.2) is 53.1 Å². The summed E-state index contributed by atoms with van der Waals surface area (Å²) in [5.74, 6) is 1.50. The van der Waals surface area contributed by atoms with Gasteiger partial charge in [-0.1, -0.05) is 6.92 Å². The van der Waals surface area contributed by atoms with Crippen LogP contribution in [0.3, 0.4) is 0 Å². The first-order valence-corrected chi connectivity index (χ1v) is 9.32. The lowest BCUT2D eigenvalue weighted by molar-refractivity contribution is -0.166. The van der Waals surface area contributed by atoms with Gasteiger partial charge >= 0.3 is 0 Å². The van der Waals surface area contributed by atoms with E-state index in [1.807, 2.05) is 34.8 Å². The van der Waals surface area contributed by atoms with E-state index in [1.165, 1.54) is 0 Å². The van der Waals surface area contributed by atoms with E-state index in [2.05, 4.69) is 12.2 Å². The smallest absolute Gasteiger partial charge is 0.267 e. The highest BCUT2D eigenvalue weighted by Gasteiger charge is 2.56. The average Bonchev–Trinajstić information content (AvgIpc) is 2.95. The Labute approximate surface area is 148 Å². The molecule has 4 rings (SSSR count). The highest BCUT2D eigenvalue weighted by Crippen LogP contribution is 2.45. The predicted molar refractivity (Wildman–Crippen MR) is 93.0 cm³/mol. The Balaban J connectivity index is 1.26. The molecule has 1 aliphatic carbocycles. The van der Waals surface area contributed by atoms with Gasteiger partial charge in [-0.05, 0) is 43.2 Å². The highest BCUT2D eigenvalue weighted by atomic mass is 16.5. The summed E-state index contributed by atoms with van der Waals surface area (Å²) in [6.45, 7) is 5.01. The summed E-state index contributed by atoms with van der Waals surface area (Å²) in [6.07, 6.45) is 4.83. The third-order valence-corrected chi connectivity index (χ3v) is 6.21. The van der Waals surface area contributed by atoms with E-state index in [0.29, 0.717) is 30.0 Å². The maximum absolute atomic E-state index is 12.3. The number of likely N-dealkylation sites (tertiary alicyclic amines) is 1. The summed E-state index contributed by atoms with van der Waals surface area (Å²) in [4.78, 5) is 26.5. The summed E-state index contributed by atoms with van der Waals surface area (Å²) < 4.78 is 7.86. The molecule has 25 heavy (non-hydrogen) atoms. The third-order valence-electron chi connectivity index (χ3n) is 6.21. The number of amides is 2. The summed E-state index contributed by atoms with van der Waals surface area (Å²) in [6, 6.07) is 3.69. The zero-order chi connectivity index (χ0) is 17.6. The molecule has 3 fully saturated rings. The maximum Gasteiger partial charge on any atom is 0.267 e. The summed E-state index contributed by atoms with van der Waals surface area (Å²) in [5.41, 5.74) is 0.514. The molecule has 0 unspecified atom stereocenters. The quantitative estimate of drug-likeness (QED) is 0.878. The van der Waals surface area contributed by atoms with Gasteiger partial charge in [-0.2, -0.15) is 0 Å². The van der Waals surface area contributed by atoms with Gasteiger partial charge in [-0.3, -0.25) is 9.59 Å². The van der Waals surface area contributed by atoms with Crippen LogP contribution in [0.5, 0.6) is 0 Å². The monoisotopic (exact) mass is 345 g/mol. The van der Waals surface area contributed by atoms with Gasteiger partial charge in [0.25, 0.3) is 5.91 Å². The molecule has 2 amide bonds. The topological polar surface area (TPSA) is 63.6 Å². The Morgan fingerprint density at radius 2 is 2.16 bits per heavy atom. The number of aryl methyl sites for hydroxylation is 1. The molecule has 0 aromatic carbocycles. The Kier molecular flexibility index (Phi) is 4.10. The molecule has 3 atom stereocenters. The second-order valence-corrected chi connectivity index (χ2v) is 7.96. The van der Waals surface area contributed by atoms with Crippen molar-refractivity contribution in [1.82, 2.24) is 14.8 Å². The Hall–Kier alpha value is -1.82. The maximum atomic E-state index is 12.3. The van der Waals surface area contributed by atoms with E-state index >= 15 is 0 Å². The van der Waals surface area contributed by atoms with Gasteiger partial charge in [0, 0.05) is 32.3 Å². The minimum absolute atomic E-state index is 0.0337. The van der Waals surface area contributed by atoms with E-state index in [9.17, 15) is 9.59 Å². The predicted octanol–water partition coefficient (Wildman–Crippen LogP) is 1.42. The lowest BCUT2D eigenvalue weighted by atomic mass is 9.78. The molecule has 6 heteroatoms. The number of ether oxygens (including phenoxy) is 1. The van der Waals surface area contributed by atoms with Crippen LogP contribution in [0.25, 0.3) is 0 Å². The van der Waals surface area contributed by atoms with E-state index < -0.39 is 0 Å². The fourth-order valence-electron chi connectivity index (χ4n) is 4.35. The first-order valence-electron chi connectivity index (χ1n) is 9.32. The van der Waals surface area contributed by atoms with Crippen molar-refractivity contribution in [3.8, 4) is 0 Å². The SMILES string of the molecule is C[C@@H]1C[C@@H]1C(=O)N1CC2(C1)OCC[C@H]2CCNC(=O)c1cccn1C. The molecule has 1 N–H and O–H groups in total. The molecule has 1 aromatic heterocycles. The molecular weight excluding hydrogens is 318 g/mol. The molecule has 1 saturated carbocycles. The summed E-state index contributed by atoms with van der Waals surface area (Å²) in [7, 11) is 1.87. The Morgan fingerprint density at radius 3 is 2.80 bits per heavy atom. The molecule has 6 nitrogen and oxygen atoms in total. The van der Waals surface area contributed by atoms with Crippen molar-refractivity contribution >= 4 is 11.8 Å². The van der Waals surface area contributed by atoms with Gasteiger partial charge in [0.2, 0.25) is 5.91 Å². The van der Waals surface area contributed by atoms with Crippen LogP contribution < -0.4 is 5.32 Å². The van der Waals surface area contributed by atoms with E-state index in [4.69, 9.17) is 4.74 Å². The second-order valence-electron chi connectivity index (χ2n) is 7.96. The fraction of sp³-hybridized carbons (Fsp3) is 0.684. The lowest BCUT2D eigenvalue weighted by Gasteiger charge is -2.50. The van der Waals surface area contributed by atoms with E-state index in [-0.39, 0.29) is 17.4 Å². The minimum Gasteiger partial charge on any atom is -0.371 e. The summed E-state index contributed by atoms with van der Waals surface area (Å²) >= 11 is 0. The number of nitrogens with one attached hydrogen (secondary N) is 1. The molecular formula is C19H27N3O3. The first-order chi connectivity index (χ1) is 12.0. The van der Waals surface area contributed by atoms with E-state index in [1.54, 1.807) is 0 Å². The molecule has 2 saturated heterocycles. The zero-order valence-corrected chi connectivity index (χ0v) is 15.0. The standard InChI is InChI=1S/C19H27N3O3/c1-13-10-15(13)18(24)22-11-19(12-22)14(6-9-25-19)5-7-20-17(23)16-4-3-8-21(16)2/h3-4,8,13-15H,5-7,9-12H2,1-2H3,(H,20,23)/t13-,14-,15+/m1/s1. The zero-order valence-electron chi connectivity index (χ0n) is 15.0. The van der Waals surface area contributed by atoms with Gasteiger partial charge in [-0.15, -0.1) is 0 Å². The number of aromatic nitrogens is 1. The van der Waals surface area contributed by atoms with Gasteiger partial charge < -0.3 is 19.5 Å². The second kappa shape index (κ2) is 6.16. The average molecular weight is 345 g/mol. The van der Waals surface area contributed by atoms with Gasteiger partial charge in [0.1, 0.15) is 11.3 Å². The molecule has 3 aliphatic rings. The normalized spacial score (nSPS) is 29.5. The number of hydrogen-bond donors (Lipinski definition) is 1. The fourth-order valence-corrected chi connectivity index (χ4v) is 4.35. The largest absolute Gasteiger partial charge is 0.371 e. The first kappa shape index (κ1) is 16.6. The van der Waals surface area contributed by atoms with E-state index in [0.717, 1.165) is 39.0 Å². The number of nitrogens with zero attached hydrogens (tertiary/aromatic N) is 2. The molecule has 2 aliphatic heterocycles. The van der Waals surface area contributed by atoms with Crippen molar-refractivity contribution in [2.24, 2.45) is 24.8 Å². The molecule has 1 aromatic rings. The van der Waals surface area contributed by atoms with Gasteiger partial charge in [0.05, 0.1) is 13.1 Å².